The molecule has 3 rings (SSSR count). The van der Waals surface area contributed by atoms with Gasteiger partial charge < -0.3 is 0 Å². The Labute approximate surface area is 106 Å². The molecule has 2 radical (unpaired) electrons. The van der Waals surface area contributed by atoms with Gasteiger partial charge in [0.2, 0.25) is 0 Å². The fraction of sp³-hybridized carbons (Fsp3) is 0.250. The maximum Gasteiger partial charge on any atom is 0.0339 e. The van der Waals surface area contributed by atoms with E-state index in [9.17, 15) is 0 Å². The van der Waals surface area contributed by atoms with E-state index in [1.807, 2.05) is 0 Å². The summed E-state index contributed by atoms with van der Waals surface area (Å²) in [5.74, 6) is 0. The highest BCUT2D eigenvalue weighted by molar-refractivity contribution is 6.33. The highest BCUT2D eigenvalue weighted by Crippen LogP contribution is 2.27. The van der Waals surface area contributed by atoms with Crippen molar-refractivity contribution in [3.8, 4) is 0 Å². The zero-order valence-corrected chi connectivity index (χ0v) is 11.5. The van der Waals surface area contributed by atoms with Gasteiger partial charge in [-0.15, -0.1) is 0 Å². The topological polar surface area (TPSA) is 0 Å². The van der Waals surface area contributed by atoms with E-state index in [-0.39, 0.29) is 0 Å². The molecule has 0 heterocycles. The van der Waals surface area contributed by atoms with E-state index in [1.54, 1.807) is 0 Å². The Balaban J connectivity index is 0.000000239. The second kappa shape index (κ2) is 5.83. The second-order valence-corrected chi connectivity index (χ2v) is 5.59. The van der Waals surface area contributed by atoms with Crippen LogP contribution in [-0.4, -0.2) is 9.52 Å². The van der Waals surface area contributed by atoms with Crippen LogP contribution in [-0.2, 0) is 6.42 Å². The van der Waals surface area contributed by atoms with Crippen LogP contribution in [0.25, 0.3) is 16.8 Å². The summed E-state index contributed by atoms with van der Waals surface area (Å²) < 4.78 is 0. The molecule has 0 N–H and O–H groups in total. The van der Waals surface area contributed by atoms with E-state index in [0.717, 1.165) is 15.9 Å². The van der Waals surface area contributed by atoms with E-state index in [4.69, 9.17) is 0 Å². The molecule has 1 aliphatic carbocycles. The number of hydrogen-bond donors (Lipinski definition) is 0. The van der Waals surface area contributed by atoms with Crippen molar-refractivity contribution in [1.29, 1.82) is 0 Å². The lowest BCUT2D eigenvalue weighted by Crippen LogP contribution is -1.91. The molecule has 2 aromatic carbocycles. The van der Waals surface area contributed by atoms with Gasteiger partial charge in [-0.3, -0.25) is 0 Å². The lowest BCUT2D eigenvalue weighted by molar-refractivity contribution is 1.29. The number of hydrogen-bond acceptors (Lipinski definition) is 0. The minimum absolute atomic E-state index is 1.08. The standard InChI is InChI=1S/C13H10.C3H8Si/c1-4-10-6-2-8-12-9-3-7-11(5-1)13(10)12;1-3-4-2/h1-8H,9H2;3H2,1-2H3. The predicted octanol–water partition coefficient (Wildman–Crippen LogP) is 4.59. The number of allylic oxidation sites excluding steroid dienone is 1. The summed E-state index contributed by atoms with van der Waals surface area (Å²) in [5, 5.41) is 2.80. The van der Waals surface area contributed by atoms with Gasteiger partial charge in [0.1, 0.15) is 0 Å². The van der Waals surface area contributed by atoms with Crippen LogP contribution in [0.5, 0.6) is 0 Å². The Morgan fingerprint density at radius 1 is 1.12 bits per heavy atom. The van der Waals surface area contributed by atoms with Crippen molar-refractivity contribution in [3.63, 3.8) is 0 Å². The molecule has 1 heteroatoms. The molecule has 17 heavy (non-hydrogen) atoms. The zero-order valence-electron chi connectivity index (χ0n) is 10.5. The average molecular weight is 238 g/mol. The van der Waals surface area contributed by atoms with Crippen LogP contribution in [0.1, 0.15) is 18.1 Å². The van der Waals surface area contributed by atoms with Crippen molar-refractivity contribution in [3.05, 3.63) is 53.6 Å². The molecule has 0 saturated heterocycles. The van der Waals surface area contributed by atoms with Crippen LogP contribution in [0.2, 0.25) is 12.6 Å². The van der Waals surface area contributed by atoms with E-state index >= 15 is 0 Å². The first-order valence-electron chi connectivity index (χ1n) is 6.18. The van der Waals surface area contributed by atoms with E-state index in [0.29, 0.717) is 0 Å². The summed E-state index contributed by atoms with van der Waals surface area (Å²) >= 11 is 0. The van der Waals surface area contributed by atoms with Gasteiger partial charge in [-0.25, -0.2) is 0 Å². The highest BCUT2D eigenvalue weighted by atomic mass is 28.2. The lowest BCUT2D eigenvalue weighted by Gasteiger charge is -2.11. The molecular weight excluding hydrogens is 220 g/mol. The van der Waals surface area contributed by atoms with Gasteiger partial charge in [0.25, 0.3) is 0 Å². The first kappa shape index (κ1) is 12.1. The summed E-state index contributed by atoms with van der Waals surface area (Å²) in [5.41, 5.74) is 2.81. The summed E-state index contributed by atoms with van der Waals surface area (Å²) in [7, 11) is 1.14. The van der Waals surface area contributed by atoms with Crippen molar-refractivity contribution in [1.82, 2.24) is 0 Å². The third-order valence-electron chi connectivity index (χ3n) is 3.01. The molecule has 0 amide bonds. The van der Waals surface area contributed by atoms with Gasteiger partial charge in [-0.2, -0.15) is 0 Å². The Bertz CT molecular complexity index is 519. The molecule has 0 nitrogen and oxygen atoms in total. The zero-order chi connectivity index (χ0) is 12.1. The van der Waals surface area contributed by atoms with Gasteiger partial charge in [0, 0.05) is 9.52 Å². The molecule has 86 valence electrons. The Kier molecular flexibility index (Phi) is 4.16. The largest absolute Gasteiger partial charge is 0.0795 e. The first-order chi connectivity index (χ1) is 8.36. The van der Waals surface area contributed by atoms with Gasteiger partial charge in [-0.1, -0.05) is 68.1 Å². The third kappa shape index (κ3) is 2.67. The van der Waals surface area contributed by atoms with E-state index < -0.39 is 0 Å². The van der Waals surface area contributed by atoms with Crippen molar-refractivity contribution in [2.75, 3.05) is 0 Å². The average Bonchev–Trinajstić information content (AvgIpc) is 2.40. The van der Waals surface area contributed by atoms with Crippen LogP contribution in [0.3, 0.4) is 0 Å². The van der Waals surface area contributed by atoms with E-state index in [2.05, 4.69) is 62.0 Å². The fourth-order valence-electron chi connectivity index (χ4n) is 2.07. The summed E-state index contributed by atoms with van der Waals surface area (Å²) in [4.78, 5) is 0. The molecule has 0 aromatic heterocycles. The fourth-order valence-corrected chi connectivity index (χ4v) is 2.07. The Morgan fingerprint density at radius 3 is 2.53 bits per heavy atom. The quantitative estimate of drug-likeness (QED) is 0.638. The van der Waals surface area contributed by atoms with Crippen LogP contribution in [0, 0.1) is 0 Å². The maximum absolute atomic E-state index is 2.23. The van der Waals surface area contributed by atoms with Gasteiger partial charge >= 0.3 is 0 Å². The summed E-state index contributed by atoms with van der Waals surface area (Å²) in [6.45, 7) is 4.40. The second-order valence-electron chi connectivity index (χ2n) is 4.18. The number of rotatable bonds is 1. The molecule has 0 saturated carbocycles. The van der Waals surface area contributed by atoms with E-state index in [1.165, 1.54) is 27.9 Å². The molecule has 0 bridgehead atoms. The third-order valence-corrected chi connectivity index (χ3v) is 3.72. The number of benzene rings is 2. The molecular formula is C16H18Si. The van der Waals surface area contributed by atoms with Crippen LogP contribution in [0.4, 0.5) is 0 Å². The summed E-state index contributed by atoms with van der Waals surface area (Å²) in [6, 6.07) is 14.4. The Morgan fingerprint density at radius 2 is 1.82 bits per heavy atom. The van der Waals surface area contributed by atoms with Gasteiger partial charge in [0.05, 0.1) is 0 Å². The van der Waals surface area contributed by atoms with Gasteiger partial charge in [0.15, 0.2) is 0 Å². The normalized spacial score (nSPS) is 12.1. The molecule has 1 aliphatic rings. The van der Waals surface area contributed by atoms with Crippen molar-refractivity contribution < 1.29 is 0 Å². The molecule has 0 spiro atoms. The highest BCUT2D eigenvalue weighted by Gasteiger charge is 2.06. The minimum atomic E-state index is 1.08. The smallest absolute Gasteiger partial charge is 0.0339 e. The van der Waals surface area contributed by atoms with Crippen molar-refractivity contribution in [2.45, 2.75) is 25.9 Å². The lowest BCUT2D eigenvalue weighted by atomic mass is 9.93. The SMILES string of the molecule is C1=Cc2cccc3cccc(c23)C1.CC[Si]C. The van der Waals surface area contributed by atoms with Crippen molar-refractivity contribution >= 4 is 26.4 Å². The molecule has 0 fully saturated rings. The van der Waals surface area contributed by atoms with Gasteiger partial charge in [-0.05, 0) is 28.3 Å². The molecule has 0 atom stereocenters. The molecule has 2 aromatic rings. The van der Waals surface area contributed by atoms with Crippen LogP contribution >= 0.6 is 0 Å². The maximum atomic E-state index is 2.23. The minimum Gasteiger partial charge on any atom is -0.0795 e. The monoisotopic (exact) mass is 238 g/mol. The first-order valence-corrected chi connectivity index (χ1v) is 7.89. The molecule has 0 unspecified atom stereocenters. The summed E-state index contributed by atoms with van der Waals surface area (Å²) in [6.07, 6.45) is 5.53. The van der Waals surface area contributed by atoms with Crippen LogP contribution < -0.4 is 0 Å². The van der Waals surface area contributed by atoms with Crippen LogP contribution in [0.15, 0.2) is 42.5 Å². The molecule has 0 aliphatic heterocycles. The predicted molar refractivity (Wildman–Crippen MR) is 78.8 cm³/mol. The Hall–Kier alpha value is -1.34. The van der Waals surface area contributed by atoms with Crippen molar-refractivity contribution in [2.24, 2.45) is 0 Å².